The first-order valence-corrected chi connectivity index (χ1v) is 8.23. The van der Waals surface area contributed by atoms with E-state index in [2.05, 4.69) is 31.3 Å². The molecule has 0 saturated carbocycles. The lowest BCUT2D eigenvalue weighted by molar-refractivity contribution is -0.140. The highest BCUT2D eigenvalue weighted by atomic mass is 35.5. The molecule has 1 N–H and O–H groups in total. The van der Waals surface area contributed by atoms with Crippen LogP contribution in [0.4, 0.5) is 0 Å². The molecule has 2 aromatic carbocycles. The van der Waals surface area contributed by atoms with E-state index in [0.717, 1.165) is 5.56 Å². The molecule has 0 aromatic heterocycles. The Kier molecular flexibility index (Phi) is 4.51. The van der Waals surface area contributed by atoms with Crippen molar-refractivity contribution in [1.82, 2.24) is 5.32 Å². The van der Waals surface area contributed by atoms with Gasteiger partial charge in [-0.25, -0.2) is 0 Å². The highest BCUT2D eigenvalue weighted by Crippen LogP contribution is 2.34. The first-order chi connectivity index (χ1) is 11.0. The number of benzene rings is 2. The van der Waals surface area contributed by atoms with Crippen LogP contribution in [0.3, 0.4) is 0 Å². The Bertz CT molecular complexity index is 728. The molecule has 2 atom stereocenters. The quantitative estimate of drug-likeness (QED) is 0.809. The van der Waals surface area contributed by atoms with Gasteiger partial charge in [0, 0.05) is 5.02 Å². The summed E-state index contributed by atoms with van der Waals surface area (Å²) in [4.78, 5) is 11.9. The van der Waals surface area contributed by atoms with Gasteiger partial charge in [-0.05, 0) is 35.2 Å². The summed E-state index contributed by atoms with van der Waals surface area (Å²) >= 11 is 12.0. The van der Waals surface area contributed by atoms with Crippen molar-refractivity contribution < 1.29 is 9.53 Å². The van der Waals surface area contributed by atoms with Crippen LogP contribution in [-0.4, -0.2) is 12.0 Å². The monoisotopic (exact) mass is 349 g/mol. The standard InChI is InChI=1S/C18H17Cl2NO2/c1-10(2)11-3-5-12(6-4-11)16-17(18(22)21-16)23-15-8-7-13(19)9-14(15)20/h3-10,16-17H,1-2H3,(H,21,22)/t16-,17+/m1/s1. The molecule has 0 unspecified atom stereocenters. The Labute approximate surface area is 145 Å². The average molecular weight is 350 g/mol. The van der Waals surface area contributed by atoms with Gasteiger partial charge in [-0.15, -0.1) is 0 Å². The minimum Gasteiger partial charge on any atom is -0.476 e. The Morgan fingerprint density at radius 2 is 1.78 bits per heavy atom. The van der Waals surface area contributed by atoms with E-state index in [1.807, 2.05) is 12.1 Å². The number of hydrogen-bond donors (Lipinski definition) is 1. The number of hydrogen-bond acceptors (Lipinski definition) is 2. The van der Waals surface area contributed by atoms with E-state index in [1.165, 1.54) is 5.56 Å². The minimum atomic E-state index is -0.585. The van der Waals surface area contributed by atoms with Crippen LogP contribution >= 0.6 is 23.2 Å². The number of halogens is 2. The maximum atomic E-state index is 11.9. The second kappa shape index (κ2) is 6.42. The van der Waals surface area contributed by atoms with Crippen molar-refractivity contribution in [2.24, 2.45) is 0 Å². The van der Waals surface area contributed by atoms with Gasteiger partial charge in [0.05, 0.1) is 5.02 Å². The molecule has 3 rings (SSSR count). The Morgan fingerprint density at radius 3 is 2.35 bits per heavy atom. The summed E-state index contributed by atoms with van der Waals surface area (Å²) in [5, 5.41) is 3.80. The summed E-state index contributed by atoms with van der Waals surface area (Å²) in [5.41, 5.74) is 2.28. The van der Waals surface area contributed by atoms with Gasteiger partial charge >= 0.3 is 0 Å². The Morgan fingerprint density at radius 1 is 1.09 bits per heavy atom. The molecule has 0 bridgehead atoms. The maximum Gasteiger partial charge on any atom is 0.264 e. The maximum absolute atomic E-state index is 11.9. The van der Waals surface area contributed by atoms with Crippen LogP contribution in [0.5, 0.6) is 5.75 Å². The van der Waals surface area contributed by atoms with E-state index in [0.29, 0.717) is 21.7 Å². The molecule has 3 nitrogen and oxygen atoms in total. The molecule has 1 fully saturated rings. The van der Waals surface area contributed by atoms with E-state index >= 15 is 0 Å². The van der Waals surface area contributed by atoms with E-state index in [-0.39, 0.29) is 11.9 Å². The van der Waals surface area contributed by atoms with Gasteiger partial charge in [-0.1, -0.05) is 61.3 Å². The normalized spacial score (nSPS) is 20.1. The first kappa shape index (κ1) is 16.2. The van der Waals surface area contributed by atoms with Gasteiger partial charge in [-0.2, -0.15) is 0 Å². The molecule has 1 saturated heterocycles. The van der Waals surface area contributed by atoms with Crippen molar-refractivity contribution in [3.63, 3.8) is 0 Å². The molecule has 5 heteroatoms. The molecule has 0 radical (unpaired) electrons. The van der Waals surface area contributed by atoms with Crippen molar-refractivity contribution in [2.75, 3.05) is 0 Å². The lowest BCUT2D eigenvalue weighted by Crippen LogP contribution is -2.58. The number of rotatable bonds is 4. The third-order valence-electron chi connectivity index (χ3n) is 3.97. The SMILES string of the molecule is CC(C)c1ccc([C@H]2NC(=O)[C@H]2Oc2ccc(Cl)cc2Cl)cc1. The number of carbonyl (C=O) groups excluding carboxylic acids is 1. The summed E-state index contributed by atoms with van der Waals surface area (Å²) in [5.74, 6) is 0.786. The zero-order valence-corrected chi connectivity index (χ0v) is 14.4. The van der Waals surface area contributed by atoms with Crippen molar-refractivity contribution >= 4 is 29.1 Å². The summed E-state index contributed by atoms with van der Waals surface area (Å²) in [6, 6.07) is 13.0. The van der Waals surface area contributed by atoms with Crippen molar-refractivity contribution in [2.45, 2.75) is 31.9 Å². The zero-order valence-electron chi connectivity index (χ0n) is 12.8. The van der Waals surface area contributed by atoms with Crippen LogP contribution in [0.2, 0.25) is 10.0 Å². The van der Waals surface area contributed by atoms with Crippen LogP contribution in [0.15, 0.2) is 42.5 Å². The molecular formula is C18H17Cl2NO2. The lowest BCUT2D eigenvalue weighted by Gasteiger charge is -2.37. The molecule has 120 valence electrons. The number of amides is 1. The predicted octanol–water partition coefficient (Wildman–Crippen LogP) is 4.74. The highest BCUT2D eigenvalue weighted by Gasteiger charge is 2.42. The Balaban J connectivity index is 1.77. The van der Waals surface area contributed by atoms with Gasteiger partial charge in [0.2, 0.25) is 6.10 Å². The molecule has 1 aliphatic heterocycles. The molecule has 1 aliphatic rings. The number of nitrogens with one attached hydrogen (secondary N) is 1. The number of ether oxygens (including phenoxy) is 1. The summed E-state index contributed by atoms with van der Waals surface area (Å²) in [7, 11) is 0. The predicted molar refractivity (Wildman–Crippen MR) is 92.3 cm³/mol. The van der Waals surface area contributed by atoms with Gasteiger partial charge < -0.3 is 10.1 Å². The van der Waals surface area contributed by atoms with Gasteiger partial charge in [0.15, 0.2) is 0 Å². The highest BCUT2D eigenvalue weighted by molar-refractivity contribution is 6.35. The molecule has 2 aromatic rings. The molecule has 0 aliphatic carbocycles. The zero-order chi connectivity index (χ0) is 16.6. The molecule has 1 amide bonds. The third kappa shape index (κ3) is 3.31. The average Bonchev–Trinajstić information content (AvgIpc) is 2.51. The lowest BCUT2D eigenvalue weighted by atomic mass is 9.92. The first-order valence-electron chi connectivity index (χ1n) is 7.47. The van der Waals surface area contributed by atoms with Crippen LogP contribution in [0.1, 0.15) is 36.9 Å². The molecule has 23 heavy (non-hydrogen) atoms. The fourth-order valence-corrected chi connectivity index (χ4v) is 2.99. The minimum absolute atomic E-state index is 0.144. The van der Waals surface area contributed by atoms with Crippen molar-refractivity contribution in [1.29, 1.82) is 0 Å². The van der Waals surface area contributed by atoms with Crippen LogP contribution in [-0.2, 0) is 4.79 Å². The third-order valence-corrected chi connectivity index (χ3v) is 4.50. The number of β-lactam (4-membered cyclic amide) rings is 1. The largest absolute Gasteiger partial charge is 0.476 e. The second-order valence-corrected chi connectivity index (χ2v) is 6.76. The van der Waals surface area contributed by atoms with Crippen LogP contribution in [0.25, 0.3) is 0 Å². The van der Waals surface area contributed by atoms with Gasteiger partial charge in [-0.3, -0.25) is 4.79 Å². The van der Waals surface area contributed by atoms with Gasteiger partial charge in [0.1, 0.15) is 11.8 Å². The van der Waals surface area contributed by atoms with Crippen molar-refractivity contribution in [3.05, 3.63) is 63.6 Å². The van der Waals surface area contributed by atoms with E-state index in [9.17, 15) is 4.79 Å². The topological polar surface area (TPSA) is 38.3 Å². The molecule has 1 heterocycles. The van der Waals surface area contributed by atoms with E-state index < -0.39 is 6.10 Å². The molecular weight excluding hydrogens is 333 g/mol. The fraction of sp³-hybridized carbons (Fsp3) is 0.278. The summed E-state index contributed by atoms with van der Waals surface area (Å²) in [6.45, 7) is 4.29. The van der Waals surface area contributed by atoms with E-state index in [4.69, 9.17) is 27.9 Å². The summed E-state index contributed by atoms with van der Waals surface area (Å²) < 4.78 is 5.79. The van der Waals surface area contributed by atoms with Gasteiger partial charge in [0.25, 0.3) is 5.91 Å². The second-order valence-electron chi connectivity index (χ2n) is 5.92. The Hall–Kier alpha value is -1.71. The van der Waals surface area contributed by atoms with E-state index in [1.54, 1.807) is 18.2 Å². The van der Waals surface area contributed by atoms with Crippen molar-refractivity contribution in [3.8, 4) is 5.75 Å². The summed E-state index contributed by atoms with van der Waals surface area (Å²) in [6.07, 6.45) is -0.585. The smallest absolute Gasteiger partial charge is 0.264 e. The number of carbonyl (C=O) groups is 1. The van der Waals surface area contributed by atoms with Crippen LogP contribution < -0.4 is 10.1 Å². The van der Waals surface area contributed by atoms with Crippen LogP contribution in [0, 0.1) is 0 Å². The molecule has 0 spiro atoms. The fourth-order valence-electron chi connectivity index (χ4n) is 2.54.